The second-order valence-electron chi connectivity index (χ2n) is 9.63. The smallest absolute Gasteiger partial charge is 0.271 e. The van der Waals surface area contributed by atoms with E-state index in [0.717, 1.165) is 49.7 Å². The van der Waals surface area contributed by atoms with E-state index >= 15 is 0 Å². The molecule has 1 N–H and O–H groups in total. The Hall–Kier alpha value is -4.87. The molecule has 2 heterocycles. The van der Waals surface area contributed by atoms with Gasteiger partial charge in [0.15, 0.2) is 0 Å². The molecule has 6 aromatic rings. The maximum atomic E-state index is 12.9. The number of benzene rings is 4. The average Bonchev–Trinajstić information content (AvgIpc) is 3.55. The van der Waals surface area contributed by atoms with Crippen molar-refractivity contribution in [3.05, 3.63) is 149 Å². The summed E-state index contributed by atoms with van der Waals surface area (Å²) in [4.78, 5) is 12.9. The Morgan fingerprint density at radius 3 is 2.38 bits per heavy atom. The third kappa shape index (κ3) is 5.07. The Morgan fingerprint density at radius 2 is 1.57 bits per heavy atom. The van der Waals surface area contributed by atoms with Gasteiger partial charge >= 0.3 is 0 Å². The number of rotatable bonds is 7. The monoisotopic (exact) mass is 542 g/mol. The summed E-state index contributed by atoms with van der Waals surface area (Å²) in [6, 6.07) is 38.0. The molecular weight excluding hydrogens is 516 g/mol. The Bertz CT molecular complexity index is 1830. The molecular formula is C34H27ClN4O. The van der Waals surface area contributed by atoms with Crippen molar-refractivity contribution in [3.8, 4) is 16.9 Å². The van der Waals surface area contributed by atoms with Gasteiger partial charge in [-0.15, -0.1) is 0 Å². The predicted octanol–water partition coefficient (Wildman–Crippen LogP) is 7.87. The fraction of sp³-hybridized carbons (Fsp3) is 0.0588. The third-order valence-corrected chi connectivity index (χ3v) is 7.39. The van der Waals surface area contributed by atoms with Crippen LogP contribution >= 0.6 is 11.6 Å². The number of carbonyl (C=O) groups is 1. The van der Waals surface area contributed by atoms with Crippen LogP contribution in [-0.2, 0) is 6.54 Å². The molecule has 0 bridgehead atoms. The Labute approximate surface area is 238 Å². The first kappa shape index (κ1) is 25.4. The van der Waals surface area contributed by atoms with Crippen LogP contribution in [0.15, 0.2) is 127 Å². The first-order chi connectivity index (χ1) is 19.6. The van der Waals surface area contributed by atoms with Crippen molar-refractivity contribution >= 4 is 34.6 Å². The molecule has 0 aliphatic rings. The van der Waals surface area contributed by atoms with Gasteiger partial charge in [0.1, 0.15) is 0 Å². The minimum Gasteiger partial charge on any atom is -0.342 e. The maximum absolute atomic E-state index is 12.9. The second-order valence-corrected chi connectivity index (χ2v) is 10.0. The molecule has 196 valence electrons. The number of nitrogens with zero attached hydrogens (tertiary/aromatic N) is 3. The molecule has 0 atom stereocenters. The molecule has 40 heavy (non-hydrogen) atoms. The molecule has 0 saturated carbocycles. The highest BCUT2D eigenvalue weighted by Crippen LogP contribution is 2.27. The van der Waals surface area contributed by atoms with Crippen molar-refractivity contribution in [2.24, 2.45) is 5.10 Å². The molecule has 0 unspecified atom stereocenters. The first-order valence-electron chi connectivity index (χ1n) is 13.1. The summed E-state index contributed by atoms with van der Waals surface area (Å²) in [5.74, 6) is -0.268. The minimum atomic E-state index is -0.268. The average molecular weight is 543 g/mol. The number of para-hydroxylation sites is 1. The molecule has 0 aliphatic carbocycles. The lowest BCUT2D eigenvalue weighted by Crippen LogP contribution is -2.17. The van der Waals surface area contributed by atoms with E-state index in [-0.39, 0.29) is 5.91 Å². The minimum absolute atomic E-state index is 0.268. The maximum Gasteiger partial charge on any atom is 0.271 e. The van der Waals surface area contributed by atoms with Crippen LogP contribution in [0.25, 0.3) is 27.8 Å². The van der Waals surface area contributed by atoms with Gasteiger partial charge in [-0.2, -0.15) is 5.10 Å². The predicted molar refractivity (Wildman–Crippen MR) is 163 cm³/mol. The number of aryl methyl sites for hydroxylation is 1. The Morgan fingerprint density at radius 1 is 0.850 bits per heavy atom. The highest BCUT2D eigenvalue weighted by Gasteiger charge is 2.12. The Kier molecular flexibility index (Phi) is 7.04. The summed E-state index contributed by atoms with van der Waals surface area (Å²) in [5.41, 5.74) is 10.6. The van der Waals surface area contributed by atoms with E-state index in [4.69, 9.17) is 11.6 Å². The fourth-order valence-electron chi connectivity index (χ4n) is 5.02. The summed E-state index contributed by atoms with van der Waals surface area (Å²) in [6.07, 6.45) is 3.72. The lowest BCUT2D eigenvalue weighted by Gasteiger charge is -2.12. The fourth-order valence-corrected chi connectivity index (χ4v) is 5.22. The Balaban J connectivity index is 1.19. The lowest BCUT2D eigenvalue weighted by atomic mass is 10.1. The molecule has 0 fully saturated rings. The number of hydrogen-bond donors (Lipinski definition) is 1. The van der Waals surface area contributed by atoms with E-state index in [1.807, 2.05) is 91.1 Å². The van der Waals surface area contributed by atoms with Gasteiger partial charge in [0.05, 0.1) is 11.9 Å². The normalized spacial score (nSPS) is 11.3. The van der Waals surface area contributed by atoms with Crippen LogP contribution in [0.1, 0.15) is 27.2 Å². The van der Waals surface area contributed by atoms with Crippen LogP contribution in [-0.4, -0.2) is 21.3 Å². The van der Waals surface area contributed by atoms with Gasteiger partial charge in [0.2, 0.25) is 0 Å². The van der Waals surface area contributed by atoms with Crippen molar-refractivity contribution < 1.29 is 4.79 Å². The number of amides is 1. The quantitative estimate of drug-likeness (QED) is 0.162. The molecule has 2 aromatic heterocycles. The number of halogens is 1. The second kappa shape index (κ2) is 11.1. The topological polar surface area (TPSA) is 51.3 Å². The standard InChI is InChI=1S/C34H27ClN4O/c1-24-15-20-32(25-9-3-2-4-10-25)39(24)29-18-16-26(17-19-29)34(40)37-36-21-28-23-38(33-14-8-6-12-30(28)33)22-27-11-5-7-13-31(27)35/h2-21,23H,22H2,1H3,(H,37,40)/b36-21+. The van der Waals surface area contributed by atoms with Gasteiger partial charge in [-0.05, 0) is 66.6 Å². The summed E-state index contributed by atoms with van der Waals surface area (Å²) in [5, 5.41) is 6.06. The van der Waals surface area contributed by atoms with Crippen molar-refractivity contribution in [2.45, 2.75) is 13.5 Å². The van der Waals surface area contributed by atoms with Crippen LogP contribution < -0.4 is 5.43 Å². The molecule has 4 aromatic carbocycles. The highest BCUT2D eigenvalue weighted by atomic mass is 35.5. The van der Waals surface area contributed by atoms with E-state index in [1.165, 1.54) is 0 Å². The zero-order valence-corrected chi connectivity index (χ0v) is 22.7. The number of fused-ring (bicyclic) bond motifs is 1. The summed E-state index contributed by atoms with van der Waals surface area (Å²) in [7, 11) is 0. The molecule has 6 rings (SSSR count). The molecule has 6 heteroatoms. The van der Waals surface area contributed by atoms with Gasteiger partial charge in [-0.25, -0.2) is 5.43 Å². The van der Waals surface area contributed by atoms with E-state index in [0.29, 0.717) is 12.1 Å². The molecule has 0 saturated heterocycles. The number of hydrogen-bond acceptors (Lipinski definition) is 2. The highest BCUT2D eigenvalue weighted by molar-refractivity contribution is 6.31. The first-order valence-corrected chi connectivity index (χ1v) is 13.5. The van der Waals surface area contributed by atoms with Crippen molar-refractivity contribution in [1.82, 2.24) is 14.6 Å². The van der Waals surface area contributed by atoms with Crippen LogP contribution in [0.4, 0.5) is 0 Å². The number of carbonyl (C=O) groups excluding carboxylic acids is 1. The van der Waals surface area contributed by atoms with Gasteiger partial charge in [0.25, 0.3) is 5.91 Å². The van der Waals surface area contributed by atoms with E-state index in [1.54, 1.807) is 6.21 Å². The summed E-state index contributed by atoms with van der Waals surface area (Å²) >= 11 is 6.40. The molecule has 5 nitrogen and oxygen atoms in total. The van der Waals surface area contributed by atoms with Gasteiger partial charge in [-0.3, -0.25) is 4.79 Å². The van der Waals surface area contributed by atoms with Crippen LogP contribution in [0.5, 0.6) is 0 Å². The van der Waals surface area contributed by atoms with E-state index in [9.17, 15) is 4.79 Å². The number of nitrogens with one attached hydrogen (secondary N) is 1. The van der Waals surface area contributed by atoms with Crippen molar-refractivity contribution in [3.63, 3.8) is 0 Å². The number of aromatic nitrogens is 2. The zero-order chi connectivity index (χ0) is 27.5. The molecule has 0 aliphatic heterocycles. The van der Waals surface area contributed by atoms with Crippen molar-refractivity contribution in [2.75, 3.05) is 0 Å². The van der Waals surface area contributed by atoms with E-state index < -0.39 is 0 Å². The summed E-state index contributed by atoms with van der Waals surface area (Å²) < 4.78 is 4.33. The number of hydrazone groups is 1. The molecule has 0 radical (unpaired) electrons. The lowest BCUT2D eigenvalue weighted by molar-refractivity contribution is 0.0955. The summed E-state index contributed by atoms with van der Waals surface area (Å²) in [6.45, 7) is 2.72. The third-order valence-electron chi connectivity index (χ3n) is 7.02. The van der Waals surface area contributed by atoms with Gasteiger partial charge in [0, 0.05) is 51.2 Å². The largest absolute Gasteiger partial charge is 0.342 e. The van der Waals surface area contributed by atoms with Gasteiger partial charge in [-0.1, -0.05) is 78.3 Å². The molecule has 1 amide bonds. The van der Waals surface area contributed by atoms with Crippen LogP contribution in [0.3, 0.4) is 0 Å². The van der Waals surface area contributed by atoms with Crippen molar-refractivity contribution in [1.29, 1.82) is 0 Å². The molecule has 0 spiro atoms. The zero-order valence-electron chi connectivity index (χ0n) is 22.0. The van der Waals surface area contributed by atoms with Crippen LogP contribution in [0.2, 0.25) is 5.02 Å². The van der Waals surface area contributed by atoms with Gasteiger partial charge < -0.3 is 9.13 Å². The SMILES string of the molecule is Cc1ccc(-c2ccccc2)n1-c1ccc(C(=O)N/N=C/c2cn(Cc3ccccc3Cl)c3ccccc23)cc1. The van der Waals surface area contributed by atoms with Crippen LogP contribution in [0, 0.1) is 6.92 Å². The van der Waals surface area contributed by atoms with E-state index in [2.05, 4.69) is 56.9 Å².